The molecule has 3 aromatic rings. The van der Waals surface area contributed by atoms with Gasteiger partial charge in [-0.3, -0.25) is 14.2 Å². The van der Waals surface area contributed by atoms with E-state index in [0.717, 1.165) is 12.8 Å². The largest absolute Gasteiger partial charge is 0.353 e. The molecule has 0 aliphatic carbocycles. The zero-order valence-corrected chi connectivity index (χ0v) is 17.4. The summed E-state index contributed by atoms with van der Waals surface area (Å²) in [6.45, 7) is 4.09. The molecule has 0 aliphatic heterocycles. The molecule has 0 radical (unpaired) electrons. The quantitative estimate of drug-likeness (QED) is 0.457. The van der Waals surface area contributed by atoms with Gasteiger partial charge in [0.1, 0.15) is 0 Å². The Kier molecular flexibility index (Phi) is 6.75. The molecule has 0 unspecified atom stereocenters. The number of carbonyl (C=O) groups is 1. The number of aromatic nitrogens is 2. The minimum Gasteiger partial charge on any atom is -0.353 e. The Balaban J connectivity index is 1.99. The topological polar surface area (TPSA) is 64.0 Å². The van der Waals surface area contributed by atoms with Crippen LogP contribution in [0.5, 0.6) is 0 Å². The number of halogens is 1. The molecule has 0 saturated carbocycles. The first-order valence-corrected chi connectivity index (χ1v) is 10.6. The van der Waals surface area contributed by atoms with Gasteiger partial charge in [0.05, 0.1) is 22.3 Å². The van der Waals surface area contributed by atoms with E-state index in [1.54, 1.807) is 36.4 Å². The molecule has 2 aromatic carbocycles. The molecule has 1 aromatic heterocycles. The molecule has 1 N–H and O–H groups in total. The predicted molar refractivity (Wildman–Crippen MR) is 116 cm³/mol. The van der Waals surface area contributed by atoms with Crippen molar-refractivity contribution in [2.24, 2.45) is 0 Å². The molecule has 0 fully saturated rings. The molecule has 28 heavy (non-hydrogen) atoms. The highest BCUT2D eigenvalue weighted by Crippen LogP contribution is 2.23. The Hall–Kier alpha value is -2.31. The number of thioether (sulfide) groups is 1. The average molecular weight is 416 g/mol. The van der Waals surface area contributed by atoms with Crippen molar-refractivity contribution in [2.75, 3.05) is 5.75 Å². The number of carbonyl (C=O) groups excluding carboxylic acids is 1. The lowest BCUT2D eigenvalue weighted by molar-refractivity contribution is -0.119. The number of hydrogen-bond acceptors (Lipinski definition) is 4. The highest BCUT2D eigenvalue weighted by Gasteiger charge is 2.16. The van der Waals surface area contributed by atoms with E-state index in [-0.39, 0.29) is 23.3 Å². The number of benzene rings is 2. The minimum atomic E-state index is -0.184. The summed E-state index contributed by atoms with van der Waals surface area (Å²) in [4.78, 5) is 30.1. The van der Waals surface area contributed by atoms with Crippen molar-refractivity contribution in [3.63, 3.8) is 0 Å². The van der Waals surface area contributed by atoms with Crippen molar-refractivity contribution < 1.29 is 4.79 Å². The third-order valence-electron chi connectivity index (χ3n) is 4.49. The van der Waals surface area contributed by atoms with E-state index in [9.17, 15) is 9.59 Å². The van der Waals surface area contributed by atoms with E-state index in [4.69, 9.17) is 11.6 Å². The summed E-state index contributed by atoms with van der Waals surface area (Å²) in [5.74, 6) is 0.112. The first-order valence-electron chi connectivity index (χ1n) is 9.23. The number of rotatable bonds is 7. The Bertz CT molecular complexity index is 1050. The predicted octanol–water partition coefficient (Wildman–Crippen LogP) is 4.44. The normalized spacial score (nSPS) is 11.1. The fraction of sp³-hybridized carbons (Fsp3) is 0.286. The summed E-state index contributed by atoms with van der Waals surface area (Å²) in [5, 5.41) is 4.52. The van der Waals surface area contributed by atoms with Crippen LogP contribution in [0.1, 0.15) is 26.7 Å². The number of fused-ring (bicyclic) bond motifs is 1. The monoisotopic (exact) mass is 415 g/mol. The molecule has 0 atom stereocenters. The smallest absolute Gasteiger partial charge is 0.266 e. The van der Waals surface area contributed by atoms with Crippen molar-refractivity contribution in [3.05, 3.63) is 63.9 Å². The van der Waals surface area contributed by atoms with Crippen LogP contribution in [0, 0.1) is 0 Å². The van der Waals surface area contributed by atoms with E-state index in [1.165, 1.54) is 16.3 Å². The van der Waals surface area contributed by atoms with Gasteiger partial charge in [-0.05, 0) is 43.2 Å². The Morgan fingerprint density at radius 3 is 2.64 bits per heavy atom. The van der Waals surface area contributed by atoms with E-state index in [0.29, 0.717) is 26.8 Å². The van der Waals surface area contributed by atoms with Gasteiger partial charge in [0.15, 0.2) is 5.16 Å². The van der Waals surface area contributed by atoms with Gasteiger partial charge in [-0.25, -0.2) is 4.98 Å². The fourth-order valence-corrected chi connectivity index (χ4v) is 3.95. The molecule has 0 aliphatic rings. The van der Waals surface area contributed by atoms with Gasteiger partial charge in [0.25, 0.3) is 5.56 Å². The molecule has 7 heteroatoms. The zero-order valence-electron chi connectivity index (χ0n) is 15.8. The van der Waals surface area contributed by atoms with Crippen LogP contribution in [-0.4, -0.2) is 27.3 Å². The first kappa shape index (κ1) is 20.4. The molecule has 0 bridgehead atoms. The summed E-state index contributed by atoms with van der Waals surface area (Å²) in [5.41, 5.74) is 1.04. The van der Waals surface area contributed by atoms with Crippen LogP contribution < -0.4 is 10.9 Å². The molecule has 3 rings (SSSR count). The van der Waals surface area contributed by atoms with Crippen LogP contribution in [0.15, 0.2) is 58.5 Å². The number of para-hydroxylation sites is 1. The van der Waals surface area contributed by atoms with Crippen molar-refractivity contribution in [2.45, 2.75) is 37.9 Å². The number of hydrogen-bond donors (Lipinski definition) is 1. The molecule has 1 amide bonds. The number of nitrogens with one attached hydrogen (secondary N) is 1. The first-order chi connectivity index (χ1) is 13.5. The molecule has 146 valence electrons. The molecular formula is C21H22ClN3O2S. The van der Waals surface area contributed by atoms with Crippen LogP contribution >= 0.6 is 23.4 Å². The standard InChI is InChI=1S/C21H22ClN3O2S/c1-3-15(4-2)23-19(26)13-28-21-24-18-11-6-5-10-17(18)20(27)25(21)16-9-7-8-14(22)12-16/h5-12,15H,3-4,13H2,1-2H3,(H,23,26). The van der Waals surface area contributed by atoms with Crippen molar-refractivity contribution in [1.29, 1.82) is 0 Å². The Morgan fingerprint density at radius 2 is 1.93 bits per heavy atom. The molecule has 5 nitrogen and oxygen atoms in total. The van der Waals surface area contributed by atoms with E-state index in [2.05, 4.69) is 10.3 Å². The van der Waals surface area contributed by atoms with Gasteiger partial charge in [0, 0.05) is 11.1 Å². The lowest BCUT2D eigenvalue weighted by Crippen LogP contribution is -2.35. The zero-order chi connectivity index (χ0) is 20.1. The molecular weight excluding hydrogens is 394 g/mol. The van der Waals surface area contributed by atoms with Gasteiger partial charge >= 0.3 is 0 Å². The lowest BCUT2D eigenvalue weighted by Gasteiger charge is -2.16. The van der Waals surface area contributed by atoms with Gasteiger partial charge in [-0.1, -0.05) is 55.4 Å². The maximum atomic E-state index is 13.1. The molecule has 0 saturated heterocycles. The fourth-order valence-electron chi connectivity index (χ4n) is 2.94. The van der Waals surface area contributed by atoms with Crippen molar-refractivity contribution >= 4 is 40.2 Å². The third-order valence-corrected chi connectivity index (χ3v) is 5.67. The summed E-state index contributed by atoms with van der Waals surface area (Å²) in [7, 11) is 0. The Labute approximate surface area is 173 Å². The number of amides is 1. The van der Waals surface area contributed by atoms with E-state index >= 15 is 0 Å². The van der Waals surface area contributed by atoms with Gasteiger partial charge < -0.3 is 5.32 Å². The third kappa shape index (κ3) is 4.56. The summed E-state index contributed by atoms with van der Waals surface area (Å²) in [6, 6.07) is 14.4. The average Bonchev–Trinajstić information content (AvgIpc) is 2.70. The highest BCUT2D eigenvalue weighted by molar-refractivity contribution is 7.99. The maximum absolute atomic E-state index is 13.1. The molecule has 0 spiro atoms. The van der Waals surface area contributed by atoms with Crippen LogP contribution in [0.4, 0.5) is 0 Å². The SMILES string of the molecule is CCC(CC)NC(=O)CSc1nc2ccccc2c(=O)n1-c1cccc(Cl)c1. The summed E-state index contributed by atoms with van der Waals surface area (Å²) < 4.78 is 1.52. The number of nitrogens with zero attached hydrogens (tertiary/aromatic N) is 2. The van der Waals surface area contributed by atoms with Gasteiger partial charge in [-0.15, -0.1) is 0 Å². The second-order valence-electron chi connectivity index (χ2n) is 6.40. The Morgan fingerprint density at radius 1 is 1.18 bits per heavy atom. The maximum Gasteiger partial charge on any atom is 0.266 e. The van der Waals surface area contributed by atoms with Crippen molar-refractivity contribution in [3.8, 4) is 5.69 Å². The minimum absolute atomic E-state index is 0.0706. The van der Waals surface area contributed by atoms with Crippen LogP contribution in [-0.2, 0) is 4.79 Å². The van der Waals surface area contributed by atoms with Crippen LogP contribution in [0.2, 0.25) is 5.02 Å². The van der Waals surface area contributed by atoms with Crippen LogP contribution in [0.25, 0.3) is 16.6 Å². The van der Waals surface area contributed by atoms with E-state index < -0.39 is 0 Å². The van der Waals surface area contributed by atoms with Crippen LogP contribution in [0.3, 0.4) is 0 Å². The van der Waals surface area contributed by atoms with Gasteiger partial charge in [-0.2, -0.15) is 0 Å². The lowest BCUT2D eigenvalue weighted by atomic mass is 10.2. The van der Waals surface area contributed by atoms with Gasteiger partial charge in [0.2, 0.25) is 5.91 Å². The summed E-state index contributed by atoms with van der Waals surface area (Å²) in [6.07, 6.45) is 1.77. The highest BCUT2D eigenvalue weighted by atomic mass is 35.5. The second kappa shape index (κ2) is 9.26. The molecule has 1 heterocycles. The van der Waals surface area contributed by atoms with E-state index in [1.807, 2.05) is 26.0 Å². The van der Waals surface area contributed by atoms with Crippen molar-refractivity contribution in [1.82, 2.24) is 14.9 Å². The summed E-state index contributed by atoms with van der Waals surface area (Å²) >= 11 is 7.37. The second-order valence-corrected chi connectivity index (χ2v) is 7.78.